The van der Waals surface area contributed by atoms with Crippen LogP contribution in [0.2, 0.25) is 0 Å². The first-order valence-corrected chi connectivity index (χ1v) is 6.32. The minimum absolute atomic E-state index is 0.359. The standard InChI is InChI=1S/C15H22O/c1-11-8-9-15(16,13(3)10-11)14-7-5-4-6-12(14)2/h4-7,11,13,16H,8-10H2,1-3H3. The van der Waals surface area contributed by atoms with E-state index >= 15 is 0 Å². The second-order valence-electron chi connectivity index (χ2n) is 5.52. The molecule has 3 atom stereocenters. The third kappa shape index (κ3) is 1.89. The summed E-state index contributed by atoms with van der Waals surface area (Å²) in [5.74, 6) is 1.11. The van der Waals surface area contributed by atoms with E-state index in [1.165, 1.54) is 5.56 Å². The molecule has 1 fully saturated rings. The number of hydrogen-bond acceptors (Lipinski definition) is 1. The van der Waals surface area contributed by atoms with Crippen LogP contribution >= 0.6 is 0 Å². The van der Waals surface area contributed by atoms with Gasteiger partial charge in [-0.25, -0.2) is 0 Å². The van der Waals surface area contributed by atoms with Crippen molar-refractivity contribution in [1.29, 1.82) is 0 Å². The van der Waals surface area contributed by atoms with Gasteiger partial charge in [0.15, 0.2) is 0 Å². The van der Waals surface area contributed by atoms with Crippen LogP contribution in [0.5, 0.6) is 0 Å². The van der Waals surface area contributed by atoms with Gasteiger partial charge >= 0.3 is 0 Å². The molecule has 0 bridgehead atoms. The smallest absolute Gasteiger partial charge is 0.0924 e. The van der Waals surface area contributed by atoms with Crippen LogP contribution < -0.4 is 0 Å². The van der Waals surface area contributed by atoms with Crippen molar-refractivity contribution in [3.05, 3.63) is 35.4 Å². The number of hydrogen-bond donors (Lipinski definition) is 1. The lowest BCUT2D eigenvalue weighted by Gasteiger charge is -2.41. The van der Waals surface area contributed by atoms with E-state index in [1.807, 2.05) is 12.1 Å². The fourth-order valence-corrected chi connectivity index (χ4v) is 3.09. The van der Waals surface area contributed by atoms with E-state index in [0.717, 1.165) is 30.7 Å². The van der Waals surface area contributed by atoms with E-state index < -0.39 is 5.60 Å². The van der Waals surface area contributed by atoms with Gasteiger partial charge in [0.25, 0.3) is 0 Å². The maximum atomic E-state index is 10.9. The third-order valence-corrected chi connectivity index (χ3v) is 4.20. The molecule has 0 saturated heterocycles. The molecule has 1 aliphatic rings. The molecule has 0 spiro atoms. The molecule has 0 heterocycles. The Balaban J connectivity index is 2.35. The monoisotopic (exact) mass is 218 g/mol. The summed E-state index contributed by atoms with van der Waals surface area (Å²) in [6.45, 7) is 6.56. The van der Waals surface area contributed by atoms with Crippen molar-refractivity contribution >= 4 is 0 Å². The summed E-state index contributed by atoms with van der Waals surface area (Å²) < 4.78 is 0. The predicted octanol–water partition coefficient (Wildman–Crippen LogP) is 3.64. The van der Waals surface area contributed by atoms with Gasteiger partial charge in [0.05, 0.1) is 5.60 Å². The van der Waals surface area contributed by atoms with Gasteiger partial charge in [0, 0.05) is 0 Å². The van der Waals surface area contributed by atoms with Crippen LogP contribution in [-0.4, -0.2) is 5.11 Å². The number of rotatable bonds is 1. The van der Waals surface area contributed by atoms with E-state index in [0.29, 0.717) is 5.92 Å². The summed E-state index contributed by atoms with van der Waals surface area (Å²) in [5, 5.41) is 10.9. The van der Waals surface area contributed by atoms with Gasteiger partial charge in [-0.2, -0.15) is 0 Å². The Bertz CT molecular complexity index is 371. The molecule has 16 heavy (non-hydrogen) atoms. The third-order valence-electron chi connectivity index (χ3n) is 4.20. The Morgan fingerprint density at radius 1 is 1.25 bits per heavy atom. The molecule has 1 aromatic rings. The molecule has 1 N–H and O–H groups in total. The van der Waals surface area contributed by atoms with Crippen molar-refractivity contribution in [3.63, 3.8) is 0 Å². The van der Waals surface area contributed by atoms with E-state index in [9.17, 15) is 5.11 Å². The highest BCUT2D eigenvalue weighted by Crippen LogP contribution is 2.44. The maximum absolute atomic E-state index is 10.9. The maximum Gasteiger partial charge on any atom is 0.0924 e. The van der Waals surface area contributed by atoms with E-state index in [1.54, 1.807) is 0 Å². The Morgan fingerprint density at radius 3 is 2.56 bits per heavy atom. The van der Waals surface area contributed by atoms with Crippen LogP contribution in [-0.2, 0) is 5.60 Å². The molecule has 1 saturated carbocycles. The van der Waals surface area contributed by atoms with Crippen molar-refractivity contribution < 1.29 is 5.11 Å². The first-order valence-electron chi connectivity index (χ1n) is 6.32. The molecule has 1 heteroatoms. The Labute approximate surface area is 98.5 Å². The SMILES string of the molecule is Cc1ccccc1C1(O)CCC(C)CC1C. The molecule has 2 rings (SSSR count). The fourth-order valence-electron chi connectivity index (χ4n) is 3.09. The van der Waals surface area contributed by atoms with Gasteiger partial charge in [0.2, 0.25) is 0 Å². The van der Waals surface area contributed by atoms with E-state index in [-0.39, 0.29) is 0 Å². The zero-order valence-electron chi connectivity index (χ0n) is 10.5. The lowest BCUT2D eigenvalue weighted by atomic mass is 9.68. The van der Waals surface area contributed by atoms with E-state index in [4.69, 9.17) is 0 Å². The molecular formula is C15H22O. The topological polar surface area (TPSA) is 20.2 Å². The molecule has 0 amide bonds. The minimum atomic E-state index is -0.599. The summed E-state index contributed by atoms with van der Waals surface area (Å²) in [6.07, 6.45) is 3.17. The second-order valence-corrected chi connectivity index (χ2v) is 5.52. The summed E-state index contributed by atoms with van der Waals surface area (Å²) in [6, 6.07) is 8.25. The normalized spacial score (nSPS) is 35.0. The average Bonchev–Trinajstić information content (AvgIpc) is 2.25. The van der Waals surface area contributed by atoms with Crippen LogP contribution in [0.15, 0.2) is 24.3 Å². The molecule has 0 radical (unpaired) electrons. The van der Waals surface area contributed by atoms with Crippen molar-refractivity contribution in [3.8, 4) is 0 Å². The molecule has 1 nitrogen and oxygen atoms in total. The molecule has 88 valence electrons. The number of aryl methyl sites for hydroxylation is 1. The second kappa shape index (κ2) is 4.21. The fraction of sp³-hybridized carbons (Fsp3) is 0.600. The van der Waals surface area contributed by atoms with Crippen LogP contribution in [0.1, 0.15) is 44.2 Å². The van der Waals surface area contributed by atoms with Gasteiger partial charge < -0.3 is 5.11 Å². The molecule has 3 unspecified atom stereocenters. The van der Waals surface area contributed by atoms with Gasteiger partial charge in [-0.1, -0.05) is 38.1 Å². The first kappa shape index (κ1) is 11.7. The van der Waals surface area contributed by atoms with Crippen LogP contribution in [0.25, 0.3) is 0 Å². The molecule has 1 aliphatic carbocycles. The van der Waals surface area contributed by atoms with Gasteiger partial charge in [-0.05, 0) is 49.1 Å². The Kier molecular flexibility index (Phi) is 3.07. The number of benzene rings is 1. The van der Waals surface area contributed by atoms with Crippen molar-refractivity contribution in [1.82, 2.24) is 0 Å². The van der Waals surface area contributed by atoms with Gasteiger partial charge in [-0.3, -0.25) is 0 Å². The van der Waals surface area contributed by atoms with Gasteiger partial charge in [-0.15, -0.1) is 0 Å². The van der Waals surface area contributed by atoms with Crippen LogP contribution in [0, 0.1) is 18.8 Å². The van der Waals surface area contributed by atoms with Crippen molar-refractivity contribution in [2.24, 2.45) is 11.8 Å². The van der Waals surface area contributed by atoms with E-state index in [2.05, 4.69) is 32.9 Å². The zero-order chi connectivity index (χ0) is 11.8. The van der Waals surface area contributed by atoms with Crippen molar-refractivity contribution in [2.45, 2.75) is 45.6 Å². The Hall–Kier alpha value is -0.820. The highest BCUT2D eigenvalue weighted by atomic mass is 16.3. The quantitative estimate of drug-likeness (QED) is 0.763. The highest BCUT2D eigenvalue weighted by Gasteiger charge is 2.40. The lowest BCUT2D eigenvalue weighted by molar-refractivity contribution is -0.0592. The van der Waals surface area contributed by atoms with Crippen LogP contribution in [0.3, 0.4) is 0 Å². The largest absolute Gasteiger partial charge is 0.385 e. The average molecular weight is 218 g/mol. The zero-order valence-corrected chi connectivity index (χ0v) is 10.5. The molecule has 0 aromatic heterocycles. The summed E-state index contributed by atoms with van der Waals surface area (Å²) in [5.41, 5.74) is 1.75. The predicted molar refractivity (Wildman–Crippen MR) is 67.3 cm³/mol. The van der Waals surface area contributed by atoms with Gasteiger partial charge in [0.1, 0.15) is 0 Å². The minimum Gasteiger partial charge on any atom is -0.385 e. The highest BCUT2D eigenvalue weighted by molar-refractivity contribution is 5.32. The number of aliphatic hydroxyl groups is 1. The van der Waals surface area contributed by atoms with Crippen LogP contribution in [0.4, 0.5) is 0 Å². The lowest BCUT2D eigenvalue weighted by Crippen LogP contribution is -2.39. The molecule has 0 aliphatic heterocycles. The molecular weight excluding hydrogens is 196 g/mol. The van der Waals surface area contributed by atoms with Crippen molar-refractivity contribution in [2.75, 3.05) is 0 Å². The first-order chi connectivity index (χ1) is 7.54. The summed E-state index contributed by atoms with van der Waals surface area (Å²) in [4.78, 5) is 0. The summed E-state index contributed by atoms with van der Waals surface area (Å²) >= 11 is 0. The Morgan fingerprint density at radius 2 is 1.94 bits per heavy atom. The molecule has 1 aromatic carbocycles. The summed E-state index contributed by atoms with van der Waals surface area (Å²) in [7, 11) is 0.